The van der Waals surface area contributed by atoms with Crippen molar-refractivity contribution in [3.63, 3.8) is 0 Å². The lowest BCUT2D eigenvalue weighted by molar-refractivity contribution is -0.138. The van der Waals surface area contributed by atoms with Gasteiger partial charge in [0.15, 0.2) is 5.78 Å². The topological polar surface area (TPSA) is 80.4 Å². The number of ketones is 1. The summed E-state index contributed by atoms with van der Waals surface area (Å²) in [5, 5.41) is 9.02. The zero-order chi connectivity index (χ0) is 18.0. The summed E-state index contributed by atoms with van der Waals surface area (Å²) in [5.74, 6) is -1.25. The van der Waals surface area contributed by atoms with E-state index >= 15 is 0 Å². The highest BCUT2D eigenvalue weighted by Crippen LogP contribution is 2.43. The van der Waals surface area contributed by atoms with Crippen LogP contribution in [0.2, 0.25) is 0 Å². The molecule has 0 bridgehead atoms. The summed E-state index contributed by atoms with van der Waals surface area (Å²) in [6.07, 6.45) is 0.105. The Bertz CT molecular complexity index is 780. The molecular weight excluding hydrogens is 574 g/mol. The van der Waals surface area contributed by atoms with Crippen LogP contribution >= 0.6 is 63.7 Å². The lowest BCUT2D eigenvalue weighted by Crippen LogP contribution is -2.32. The second-order valence-corrected chi connectivity index (χ2v) is 8.13. The minimum atomic E-state index is -1.09. The third-order valence-corrected chi connectivity index (χ3v) is 7.76. The van der Waals surface area contributed by atoms with Crippen molar-refractivity contribution in [3.05, 3.63) is 64.9 Å². The lowest BCUT2D eigenvalue weighted by atomic mass is 9.99. The van der Waals surface area contributed by atoms with Gasteiger partial charge in [0, 0.05) is 29.9 Å². The largest absolute Gasteiger partial charge is 0.480 e. The molecule has 0 amide bonds. The number of carbonyl (C=O) groups is 2. The van der Waals surface area contributed by atoms with E-state index in [4.69, 9.17) is 10.8 Å². The average molecular weight is 585 g/mol. The molecule has 0 radical (unpaired) electrons. The van der Waals surface area contributed by atoms with Crippen LogP contribution < -0.4 is 5.73 Å². The van der Waals surface area contributed by atoms with Gasteiger partial charge >= 0.3 is 5.97 Å². The molecule has 1 unspecified atom stereocenters. The van der Waals surface area contributed by atoms with Crippen molar-refractivity contribution in [1.29, 1.82) is 0 Å². The molecule has 1 atom stereocenters. The van der Waals surface area contributed by atoms with Gasteiger partial charge in [0.2, 0.25) is 0 Å². The molecule has 2 rings (SSSR count). The number of carbonyl (C=O) groups excluding carboxylic acids is 1. The summed E-state index contributed by atoms with van der Waals surface area (Å²) in [5.41, 5.74) is 7.28. The second kappa shape index (κ2) is 8.23. The minimum Gasteiger partial charge on any atom is -0.480 e. The molecule has 0 fully saturated rings. The van der Waals surface area contributed by atoms with E-state index in [0.717, 1.165) is 0 Å². The molecule has 126 valence electrons. The molecule has 3 N–H and O–H groups in total. The van der Waals surface area contributed by atoms with Crippen LogP contribution in [0.5, 0.6) is 0 Å². The number of carboxylic acids is 1. The third kappa shape index (κ3) is 3.99. The van der Waals surface area contributed by atoms with Crippen molar-refractivity contribution < 1.29 is 14.7 Å². The Morgan fingerprint density at radius 2 is 1.46 bits per heavy atom. The van der Waals surface area contributed by atoms with Gasteiger partial charge in [-0.2, -0.15) is 0 Å². The normalized spacial score (nSPS) is 12.0. The SMILES string of the molecule is NC(Cc1c(Br)c(Br)c(C(=O)c2ccccc2)c(Br)c1Br)C(=O)O. The molecule has 0 saturated carbocycles. The van der Waals surface area contributed by atoms with E-state index in [9.17, 15) is 9.59 Å². The number of hydrogen-bond donors (Lipinski definition) is 2. The fourth-order valence-electron chi connectivity index (χ4n) is 2.10. The third-order valence-electron chi connectivity index (χ3n) is 3.36. The van der Waals surface area contributed by atoms with Gasteiger partial charge in [-0.3, -0.25) is 9.59 Å². The Morgan fingerprint density at radius 3 is 1.92 bits per heavy atom. The smallest absolute Gasteiger partial charge is 0.320 e. The van der Waals surface area contributed by atoms with E-state index in [1.165, 1.54) is 0 Å². The zero-order valence-electron chi connectivity index (χ0n) is 12.0. The maximum atomic E-state index is 12.8. The molecule has 2 aromatic carbocycles. The molecule has 0 heterocycles. The highest BCUT2D eigenvalue weighted by molar-refractivity contribution is 9.14. The van der Waals surface area contributed by atoms with Gasteiger partial charge in [-0.05, 0) is 69.3 Å². The average Bonchev–Trinajstić information content (AvgIpc) is 2.57. The zero-order valence-corrected chi connectivity index (χ0v) is 18.4. The molecule has 0 aliphatic heterocycles. The van der Waals surface area contributed by atoms with E-state index in [1.54, 1.807) is 24.3 Å². The first-order valence-corrected chi connectivity index (χ1v) is 9.85. The first-order valence-electron chi connectivity index (χ1n) is 6.68. The maximum Gasteiger partial charge on any atom is 0.320 e. The Balaban J connectivity index is 2.57. The molecular formula is C16H11Br4NO3. The van der Waals surface area contributed by atoms with E-state index in [0.29, 0.717) is 34.6 Å². The van der Waals surface area contributed by atoms with Crippen molar-refractivity contribution in [2.24, 2.45) is 5.73 Å². The summed E-state index contributed by atoms with van der Waals surface area (Å²) in [6.45, 7) is 0. The molecule has 24 heavy (non-hydrogen) atoms. The monoisotopic (exact) mass is 581 g/mol. The molecule has 0 saturated heterocycles. The summed E-state index contributed by atoms with van der Waals surface area (Å²) < 4.78 is 2.26. The molecule has 0 spiro atoms. The minimum absolute atomic E-state index is 0.105. The van der Waals surface area contributed by atoms with Crippen molar-refractivity contribution >= 4 is 75.5 Å². The summed E-state index contributed by atoms with van der Waals surface area (Å²) in [6, 6.07) is 7.84. The molecule has 0 aromatic heterocycles. The number of hydrogen-bond acceptors (Lipinski definition) is 3. The fourth-order valence-corrected chi connectivity index (χ4v) is 4.98. The van der Waals surface area contributed by atoms with Gasteiger partial charge in [-0.1, -0.05) is 30.3 Å². The quantitative estimate of drug-likeness (QED) is 0.386. The van der Waals surface area contributed by atoms with Crippen molar-refractivity contribution in [2.45, 2.75) is 12.5 Å². The van der Waals surface area contributed by atoms with E-state index < -0.39 is 12.0 Å². The predicted octanol–water partition coefficient (Wildman–Crippen LogP) is 4.92. The van der Waals surface area contributed by atoms with Gasteiger partial charge in [0.1, 0.15) is 6.04 Å². The Hall–Kier alpha value is -0.540. The van der Waals surface area contributed by atoms with Crippen LogP contribution in [0.25, 0.3) is 0 Å². The van der Waals surface area contributed by atoms with Crippen molar-refractivity contribution in [1.82, 2.24) is 0 Å². The predicted molar refractivity (Wildman–Crippen MR) is 106 cm³/mol. The van der Waals surface area contributed by atoms with Gasteiger partial charge in [-0.15, -0.1) is 0 Å². The number of rotatable bonds is 5. The van der Waals surface area contributed by atoms with Gasteiger partial charge in [-0.25, -0.2) is 0 Å². The fraction of sp³-hybridized carbons (Fsp3) is 0.125. The van der Waals surface area contributed by atoms with Gasteiger partial charge < -0.3 is 10.8 Å². The number of halogens is 4. The number of benzene rings is 2. The molecule has 0 aliphatic carbocycles. The summed E-state index contributed by atoms with van der Waals surface area (Å²) in [7, 11) is 0. The second-order valence-electron chi connectivity index (χ2n) is 4.95. The van der Waals surface area contributed by atoms with Crippen LogP contribution in [0.4, 0.5) is 0 Å². The Kier molecular flexibility index (Phi) is 6.78. The Morgan fingerprint density at radius 1 is 0.958 bits per heavy atom. The first kappa shape index (κ1) is 19.8. The number of carboxylic acid groups (broad SMARTS) is 1. The standard InChI is InChI=1S/C16H11Br4NO3/c17-11-8(6-9(21)16(23)24)12(18)14(20)10(13(11)19)15(22)7-4-2-1-3-5-7/h1-5,9H,6,21H2,(H,23,24). The Labute approximate surface area is 172 Å². The van der Waals surface area contributed by atoms with Crippen molar-refractivity contribution in [3.8, 4) is 0 Å². The maximum absolute atomic E-state index is 12.8. The summed E-state index contributed by atoms with van der Waals surface area (Å²) in [4.78, 5) is 23.8. The van der Waals surface area contributed by atoms with Crippen LogP contribution in [0.3, 0.4) is 0 Å². The molecule has 0 aliphatic rings. The van der Waals surface area contributed by atoms with E-state index in [-0.39, 0.29) is 12.2 Å². The highest BCUT2D eigenvalue weighted by atomic mass is 79.9. The van der Waals surface area contributed by atoms with E-state index in [2.05, 4.69) is 63.7 Å². The number of aliphatic carboxylic acids is 1. The first-order chi connectivity index (χ1) is 11.3. The summed E-state index contributed by atoms with van der Waals surface area (Å²) >= 11 is 13.7. The van der Waals surface area contributed by atoms with E-state index in [1.807, 2.05) is 6.07 Å². The van der Waals surface area contributed by atoms with Crippen molar-refractivity contribution in [2.75, 3.05) is 0 Å². The lowest BCUT2D eigenvalue weighted by Gasteiger charge is -2.17. The molecule has 8 heteroatoms. The highest BCUT2D eigenvalue weighted by Gasteiger charge is 2.26. The molecule has 2 aromatic rings. The van der Waals surface area contributed by atoms with Crippen LogP contribution in [0.1, 0.15) is 21.5 Å². The number of nitrogens with two attached hydrogens (primary N) is 1. The van der Waals surface area contributed by atoms with Crippen LogP contribution in [0, 0.1) is 0 Å². The van der Waals surface area contributed by atoms with Gasteiger partial charge in [0.05, 0.1) is 5.56 Å². The van der Waals surface area contributed by atoms with Crippen LogP contribution in [-0.2, 0) is 11.2 Å². The van der Waals surface area contributed by atoms with Crippen LogP contribution in [-0.4, -0.2) is 22.9 Å². The van der Waals surface area contributed by atoms with Gasteiger partial charge in [0.25, 0.3) is 0 Å². The molecule has 4 nitrogen and oxygen atoms in total. The van der Waals surface area contributed by atoms with Crippen LogP contribution in [0.15, 0.2) is 48.2 Å².